The Morgan fingerprint density at radius 3 is 2.55 bits per heavy atom. The van der Waals surface area contributed by atoms with Gasteiger partial charge in [-0.05, 0) is 37.6 Å². The molecule has 20 heavy (non-hydrogen) atoms. The van der Waals surface area contributed by atoms with Gasteiger partial charge in [-0.2, -0.15) is 5.10 Å². The maximum absolute atomic E-state index is 4.40. The fourth-order valence-electron chi connectivity index (χ4n) is 3.07. The molecule has 1 aromatic rings. The lowest BCUT2D eigenvalue weighted by Gasteiger charge is -2.27. The number of aryl methyl sites for hydroxylation is 1. The lowest BCUT2D eigenvalue weighted by molar-refractivity contribution is 0.273. The van der Waals surface area contributed by atoms with Crippen molar-refractivity contribution in [1.82, 2.24) is 20.1 Å². The minimum Gasteiger partial charge on any atom is -0.314 e. The second-order valence-corrected chi connectivity index (χ2v) is 7.06. The first-order valence-corrected chi connectivity index (χ1v) is 7.95. The zero-order valence-electron chi connectivity index (χ0n) is 14.1. The zero-order chi connectivity index (χ0) is 15.2. The first-order chi connectivity index (χ1) is 9.35. The quantitative estimate of drug-likeness (QED) is 0.794. The van der Waals surface area contributed by atoms with Crippen LogP contribution in [-0.2, 0) is 13.0 Å². The Morgan fingerprint density at radius 2 is 2.00 bits per heavy atom. The first-order valence-electron chi connectivity index (χ1n) is 7.95. The normalized spacial score (nSPS) is 15.3. The first kappa shape index (κ1) is 17.2. The largest absolute Gasteiger partial charge is 0.314 e. The van der Waals surface area contributed by atoms with E-state index in [2.05, 4.69) is 56.9 Å². The highest BCUT2D eigenvalue weighted by Crippen LogP contribution is 2.27. The Labute approximate surface area is 124 Å². The molecule has 1 aromatic heterocycles. The van der Waals surface area contributed by atoms with Gasteiger partial charge in [0.2, 0.25) is 0 Å². The van der Waals surface area contributed by atoms with Crippen LogP contribution in [-0.4, -0.2) is 27.4 Å². The number of nitrogens with zero attached hydrogens (tertiary/aromatic N) is 3. The van der Waals surface area contributed by atoms with Crippen molar-refractivity contribution >= 4 is 0 Å². The predicted molar refractivity (Wildman–Crippen MR) is 84.7 cm³/mol. The average molecular weight is 280 g/mol. The van der Waals surface area contributed by atoms with Gasteiger partial charge in [-0.1, -0.05) is 34.6 Å². The summed E-state index contributed by atoms with van der Waals surface area (Å²) < 4.78 is 2.00. The average Bonchev–Trinajstić information content (AvgIpc) is 2.73. The molecular weight excluding hydrogens is 248 g/mol. The summed E-state index contributed by atoms with van der Waals surface area (Å²) in [6.07, 6.45) is 5.09. The molecule has 0 bridgehead atoms. The van der Waals surface area contributed by atoms with E-state index in [0.29, 0.717) is 11.5 Å². The van der Waals surface area contributed by atoms with Gasteiger partial charge in [0.05, 0.1) is 0 Å². The molecule has 0 aliphatic heterocycles. The van der Waals surface area contributed by atoms with E-state index in [1.54, 1.807) is 6.33 Å². The second kappa shape index (κ2) is 7.77. The van der Waals surface area contributed by atoms with E-state index in [1.165, 1.54) is 12.8 Å². The van der Waals surface area contributed by atoms with Gasteiger partial charge in [-0.3, -0.25) is 4.68 Å². The Bertz CT molecular complexity index is 378. The van der Waals surface area contributed by atoms with Gasteiger partial charge < -0.3 is 5.32 Å². The summed E-state index contributed by atoms with van der Waals surface area (Å²) in [5.41, 5.74) is 0.402. The standard InChI is InChI=1S/C16H32N4/c1-7-17-14(9-13(3)11-16(4,5)6)10-15-18-12-19-20(15)8-2/h12-14,17H,7-11H2,1-6H3. The van der Waals surface area contributed by atoms with E-state index in [0.717, 1.165) is 31.3 Å². The molecule has 0 aliphatic rings. The van der Waals surface area contributed by atoms with Crippen molar-refractivity contribution in [2.24, 2.45) is 11.3 Å². The molecule has 1 heterocycles. The van der Waals surface area contributed by atoms with Crippen molar-refractivity contribution in [3.05, 3.63) is 12.2 Å². The van der Waals surface area contributed by atoms with Crippen LogP contribution < -0.4 is 5.32 Å². The summed E-state index contributed by atoms with van der Waals surface area (Å²) in [6, 6.07) is 0.492. The fourth-order valence-corrected chi connectivity index (χ4v) is 3.07. The van der Waals surface area contributed by atoms with E-state index in [1.807, 2.05) is 4.68 Å². The molecule has 116 valence electrons. The van der Waals surface area contributed by atoms with Crippen molar-refractivity contribution < 1.29 is 0 Å². The highest BCUT2D eigenvalue weighted by Gasteiger charge is 2.20. The SMILES string of the molecule is CCNC(Cc1ncnn1CC)CC(C)CC(C)(C)C. The molecule has 0 saturated carbocycles. The van der Waals surface area contributed by atoms with E-state index in [-0.39, 0.29) is 0 Å². The van der Waals surface area contributed by atoms with Crippen molar-refractivity contribution in [3.8, 4) is 0 Å². The molecule has 0 amide bonds. The van der Waals surface area contributed by atoms with E-state index in [9.17, 15) is 0 Å². The van der Waals surface area contributed by atoms with Gasteiger partial charge >= 0.3 is 0 Å². The van der Waals surface area contributed by atoms with Gasteiger partial charge in [-0.15, -0.1) is 0 Å². The van der Waals surface area contributed by atoms with Crippen LogP contribution >= 0.6 is 0 Å². The Morgan fingerprint density at radius 1 is 1.30 bits per heavy atom. The van der Waals surface area contributed by atoms with Crippen molar-refractivity contribution in [2.75, 3.05) is 6.54 Å². The molecule has 4 nitrogen and oxygen atoms in total. The van der Waals surface area contributed by atoms with Gasteiger partial charge in [0.1, 0.15) is 12.2 Å². The molecule has 0 fully saturated rings. The predicted octanol–water partition coefficient (Wildman–Crippen LogP) is 3.28. The Hall–Kier alpha value is -0.900. The fraction of sp³-hybridized carbons (Fsp3) is 0.875. The smallest absolute Gasteiger partial charge is 0.138 e. The van der Waals surface area contributed by atoms with Crippen LogP contribution in [0.4, 0.5) is 0 Å². The third-order valence-electron chi connectivity index (χ3n) is 3.56. The molecule has 2 unspecified atom stereocenters. The lowest BCUT2D eigenvalue weighted by atomic mass is 9.82. The van der Waals surface area contributed by atoms with Crippen LogP contribution in [0.3, 0.4) is 0 Å². The number of aromatic nitrogens is 3. The van der Waals surface area contributed by atoms with Crippen molar-refractivity contribution in [3.63, 3.8) is 0 Å². The molecule has 0 saturated heterocycles. The minimum atomic E-state index is 0.402. The molecule has 0 spiro atoms. The monoisotopic (exact) mass is 280 g/mol. The van der Waals surface area contributed by atoms with Crippen LogP contribution in [0.1, 0.15) is 60.2 Å². The summed E-state index contributed by atoms with van der Waals surface area (Å²) in [4.78, 5) is 4.40. The van der Waals surface area contributed by atoms with Crippen LogP contribution in [0.25, 0.3) is 0 Å². The van der Waals surface area contributed by atoms with Crippen molar-refractivity contribution in [2.45, 2.75) is 73.4 Å². The van der Waals surface area contributed by atoms with Crippen LogP contribution in [0.5, 0.6) is 0 Å². The summed E-state index contributed by atoms with van der Waals surface area (Å²) in [7, 11) is 0. The Balaban J connectivity index is 2.60. The number of hydrogen-bond donors (Lipinski definition) is 1. The number of nitrogens with one attached hydrogen (secondary N) is 1. The van der Waals surface area contributed by atoms with Crippen LogP contribution in [0.2, 0.25) is 0 Å². The molecule has 4 heteroatoms. The lowest BCUT2D eigenvalue weighted by Crippen LogP contribution is -2.34. The van der Waals surface area contributed by atoms with Gasteiger partial charge in [0.25, 0.3) is 0 Å². The Kier molecular flexibility index (Phi) is 6.66. The molecule has 0 aromatic carbocycles. The van der Waals surface area contributed by atoms with Gasteiger partial charge in [0.15, 0.2) is 0 Å². The molecule has 0 aliphatic carbocycles. The summed E-state index contributed by atoms with van der Waals surface area (Å²) in [6.45, 7) is 15.5. The molecule has 1 N–H and O–H groups in total. The minimum absolute atomic E-state index is 0.402. The van der Waals surface area contributed by atoms with Crippen LogP contribution in [0.15, 0.2) is 6.33 Å². The topological polar surface area (TPSA) is 42.7 Å². The maximum Gasteiger partial charge on any atom is 0.138 e. The molecule has 1 rings (SSSR count). The highest BCUT2D eigenvalue weighted by atomic mass is 15.3. The van der Waals surface area contributed by atoms with Gasteiger partial charge in [-0.25, -0.2) is 4.98 Å². The third-order valence-corrected chi connectivity index (χ3v) is 3.56. The molecule has 0 radical (unpaired) electrons. The van der Waals surface area contributed by atoms with E-state index >= 15 is 0 Å². The maximum atomic E-state index is 4.40. The summed E-state index contributed by atoms with van der Waals surface area (Å²) in [5, 5.41) is 7.87. The second-order valence-electron chi connectivity index (χ2n) is 7.06. The summed E-state index contributed by atoms with van der Waals surface area (Å²) in [5.74, 6) is 1.82. The van der Waals surface area contributed by atoms with Gasteiger partial charge in [0, 0.05) is 19.0 Å². The number of hydrogen-bond acceptors (Lipinski definition) is 3. The number of likely N-dealkylation sites (N-methyl/N-ethyl adjacent to an activating group) is 1. The summed E-state index contributed by atoms with van der Waals surface area (Å²) >= 11 is 0. The third kappa shape index (κ3) is 6.04. The number of rotatable bonds is 8. The highest BCUT2D eigenvalue weighted by molar-refractivity contribution is 4.90. The van der Waals surface area contributed by atoms with E-state index < -0.39 is 0 Å². The zero-order valence-corrected chi connectivity index (χ0v) is 14.1. The van der Waals surface area contributed by atoms with Crippen LogP contribution in [0, 0.1) is 11.3 Å². The van der Waals surface area contributed by atoms with Crippen molar-refractivity contribution in [1.29, 1.82) is 0 Å². The van der Waals surface area contributed by atoms with E-state index in [4.69, 9.17) is 0 Å². The molecular formula is C16H32N4. The molecule has 2 atom stereocenters.